The first-order valence-electron chi connectivity index (χ1n) is 8.76. The van der Waals surface area contributed by atoms with Gasteiger partial charge >= 0.3 is 5.79 Å². The number of rotatable bonds is 0. The average Bonchev–Trinajstić information content (AvgIpc) is 3.57. The van der Waals surface area contributed by atoms with E-state index in [0.29, 0.717) is 11.5 Å². The number of carbonyl (C=O) groups is 2. The average molecular weight is 364 g/mol. The Labute approximate surface area is 152 Å². The minimum atomic E-state index is -1.77. The fourth-order valence-electron chi connectivity index (χ4n) is 5.13. The van der Waals surface area contributed by atoms with Gasteiger partial charge in [0.05, 0.1) is 5.39 Å². The Morgan fingerprint density at radius 2 is 1.59 bits per heavy atom. The molecule has 3 fully saturated rings. The molecule has 2 aromatic rings. The molecule has 5 aliphatic rings. The van der Waals surface area contributed by atoms with Crippen molar-refractivity contribution < 1.29 is 33.6 Å². The van der Waals surface area contributed by atoms with Crippen LogP contribution >= 0.6 is 0 Å². The van der Waals surface area contributed by atoms with E-state index in [-0.39, 0.29) is 0 Å². The highest BCUT2D eigenvalue weighted by Gasteiger charge is 3.00. The topological polar surface area (TPSA) is 97.9 Å². The van der Waals surface area contributed by atoms with E-state index in [1.54, 1.807) is 12.1 Å². The Morgan fingerprint density at radius 3 is 2.30 bits per heavy atom. The van der Waals surface area contributed by atoms with E-state index in [1.807, 2.05) is 24.3 Å². The molecule has 0 amide bonds. The maximum absolute atomic E-state index is 13.0. The number of aliphatic hydroxyl groups is 1. The van der Waals surface area contributed by atoms with Crippen LogP contribution in [0.3, 0.4) is 0 Å². The Morgan fingerprint density at radius 1 is 0.926 bits per heavy atom. The predicted octanol–water partition coefficient (Wildman–Crippen LogP) is 0.665. The van der Waals surface area contributed by atoms with E-state index in [2.05, 4.69) is 0 Å². The van der Waals surface area contributed by atoms with Crippen molar-refractivity contribution in [3.05, 3.63) is 48.6 Å². The summed E-state index contributed by atoms with van der Waals surface area (Å²) in [5.74, 6) is -1.58. The second kappa shape index (κ2) is 3.91. The van der Waals surface area contributed by atoms with Crippen molar-refractivity contribution in [2.24, 2.45) is 0 Å². The van der Waals surface area contributed by atoms with Crippen molar-refractivity contribution in [1.29, 1.82) is 0 Å². The van der Waals surface area contributed by atoms with Gasteiger partial charge in [-0.05, 0) is 29.7 Å². The van der Waals surface area contributed by atoms with Crippen LogP contribution in [0, 0.1) is 0 Å². The highest BCUT2D eigenvalue weighted by atomic mass is 16.8. The van der Waals surface area contributed by atoms with Crippen molar-refractivity contribution in [2.75, 3.05) is 0 Å². The molecule has 0 radical (unpaired) electrons. The second-order valence-electron chi connectivity index (χ2n) is 7.53. The lowest BCUT2D eigenvalue weighted by molar-refractivity contribution is -0.190. The zero-order chi connectivity index (χ0) is 18.2. The molecule has 1 spiro atoms. The minimum Gasteiger partial charge on any atom is -0.446 e. The lowest BCUT2D eigenvalue weighted by Gasteiger charge is -2.44. The first-order chi connectivity index (χ1) is 13.1. The number of fused-ring (bicyclic) bond motifs is 2. The van der Waals surface area contributed by atoms with Crippen LogP contribution < -0.4 is 9.47 Å². The molecule has 3 heterocycles. The minimum absolute atomic E-state index is 0.471. The van der Waals surface area contributed by atoms with Crippen LogP contribution in [0.25, 0.3) is 10.8 Å². The van der Waals surface area contributed by atoms with Crippen LogP contribution in [0.2, 0.25) is 0 Å². The van der Waals surface area contributed by atoms with Crippen molar-refractivity contribution in [1.82, 2.24) is 0 Å². The highest BCUT2D eigenvalue weighted by Crippen LogP contribution is 2.70. The van der Waals surface area contributed by atoms with Gasteiger partial charge in [-0.3, -0.25) is 9.59 Å². The third-order valence-electron chi connectivity index (χ3n) is 6.36. The number of benzene rings is 2. The lowest BCUT2D eigenvalue weighted by atomic mass is 9.66. The smallest absolute Gasteiger partial charge is 0.321 e. The zero-order valence-electron chi connectivity index (χ0n) is 13.7. The normalized spacial score (nSPS) is 41.3. The van der Waals surface area contributed by atoms with E-state index in [0.717, 1.165) is 16.8 Å². The summed E-state index contributed by atoms with van der Waals surface area (Å²) >= 11 is 0. The number of hydrogen-bond acceptors (Lipinski definition) is 7. The SMILES string of the molecule is O=C1C=CC(=O)C23OC12C(O)C1OC1C31Oc2cccc3cccc(c23)O1. The summed E-state index contributed by atoms with van der Waals surface area (Å²) in [6, 6.07) is 11.1. The molecule has 5 unspecified atom stereocenters. The molecule has 27 heavy (non-hydrogen) atoms. The second-order valence-corrected chi connectivity index (χ2v) is 7.53. The van der Waals surface area contributed by atoms with Crippen LogP contribution in [0.5, 0.6) is 11.5 Å². The standard InChI is InChI=1S/C20H12O7/c21-12-7-8-13(22)19-18(12,27-19)16(23)15-17(24-15)20(19)25-10-5-1-3-9-4-2-6-11(26-20)14(9)10/h1-8,15-17,23H. The molecule has 0 bridgehead atoms. The Hall–Kier alpha value is -2.74. The molecule has 3 aliphatic heterocycles. The fourth-order valence-corrected chi connectivity index (χ4v) is 5.13. The van der Waals surface area contributed by atoms with E-state index in [9.17, 15) is 14.7 Å². The van der Waals surface area contributed by atoms with Crippen molar-refractivity contribution in [3.63, 3.8) is 0 Å². The van der Waals surface area contributed by atoms with Gasteiger partial charge in [0.1, 0.15) is 23.7 Å². The number of ketones is 2. The van der Waals surface area contributed by atoms with Crippen LogP contribution in [0.15, 0.2) is 48.6 Å². The Bertz CT molecular complexity index is 1100. The summed E-state index contributed by atoms with van der Waals surface area (Å²) in [7, 11) is 0. The van der Waals surface area contributed by atoms with Gasteiger partial charge in [0, 0.05) is 0 Å². The summed E-state index contributed by atoms with van der Waals surface area (Å²) in [5, 5.41) is 12.4. The number of epoxide rings is 2. The van der Waals surface area contributed by atoms with Crippen molar-refractivity contribution >= 4 is 22.3 Å². The molecular formula is C20H12O7. The van der Waals surface area contributed by atoms with E-state index >= 15 is 0 Å². The summed E-state index contributed by atoms with van der Waals surface area (Å²) in [6.45, 7) is 0. The fraction of sp³-hybridized carbons (Fsp3) is 0.300. The van der Waals surface area contributed by atoms with E-state index in [4.69, 9.17) is 18.9 Å². The molecule has 7 rings (SSSR count). The molecule has 2 aromatic carbocycles. The maximum atomic E-state index is 13.0. The quantitative estimate of drug-likeness (QED) is 0.686. The summed E-state index contributed by atoms with van der Waals surface area (Å²) in [5.41, 5.74) is -3.49. The zero-order valence-corrected chi connectivity index (χ0v) is 13.7. The van der Waals surface area contributed by atoms with Gasteiger partial charge in [-0.1, -0.05) is 24.3 Å². The van der Waals surface area contributed by atoms with Gasteiger partial charge in [-0.15, -0.1) is 0 Å². The van der Waals surface area contributed by atoms with Gasteiger partial charge in [0.25, 0.3) is 5.60 Å². The first kappa shape index (κ1) is 14.3. The third kappa shape index (κ3) is 1.24. The Balaban J connectivity index is 1.51. The molecule has 1 N–H and O–H groups in total. The molecule has 134 valence electrons. The van der Waals surface area contributed by atoms with Gasteiger partial charge in [-0.2, -0.15) is 0 Å². The molecular weight excluding hydrogens is 352 g/mol. The predicted molar refractivity (Wildman–Crippen MR) is 88.3 cm³/mol. The largest absolute Gasteiger partial charge is 0.446 e. The lowest BCUT2D eigenvalue weighted by Crippen LogP contribution is -2.73. The van der Waals surface area contributed by atoms with E-state index < -0.39 is 46.9 Å². The van der Waals surface area contributed by atoms with Crippen LogP contribution in [-0.4, -0.2) is 52.0 Å². The molecule has 7 heteroatoms. The summed E-state index contributed by atoms with van der Waals surface area (Å²) in [6.07, 6.45) is -0.374. The van der Waals surface area contributed by atoms with E-state index in [1.165, 1.54) is 6.08 Å². The molecule has 2 aliphatic carbocycles. The van der Waals surface area contributed by atoms with Crippen LogP contribution in [0.4, 0.5) is 0 Å². The molecule has 7 nitrogen and oxygen atoms in total. The first-order valence-corrected chi connectivity index (χ1v) is 8.76. The molecule has 0 aromatic heterocycles. The maximum Gasteiger partial charge on any atom is 0.321 e. The monoisotopic (exact) mass is 364 g/mol. The van der Waals surface area contributed by atoms with Gasteiger partial charge in [-0.25, -0.2) is 0 Å². The number of aliphatic hydroxyl groups excluding tert-OH is 1. The molecule has 5 atom stereocenters. The Kier molecular flexibility index (Phi) is 2.08. The number of ether oxygens (including phenoxy) is 4. The number of hydrogen-bond donors (Lipinski definition) is 1. The highest BCUT2D eigenvalue weighted by molar-refractivity contribution is 6.20. The van der Waals surface area contributed by atoms with Crippen molar-refractivity contribution in [2.45, 2.75) is 35.3 Å². The van der Waals surface area contributed by atoms with Crippen LogP contribution in [0.1, 0.15) is 0 Å². The summed E-state index contributed by atoms with van der Waals surface area (Å²) < 4.78 is 24.0. The van der Waals surface area contributed by atoms with Crippen molar-refractivity contribution in [3.8, 4) is 11.5 Å². The number of carbonyl (C=O) groups excluding carboxylic acids is 2. The molecule has 1 saturated carbocycles. The molecule has 2 saturated heterocycles. The van der Waals surface area contributed by atoms with Gasteiger partial charge in [0.2, 0.25) is 5.60 Å². The van der Waals surface area contributed by atoms with Gasteiger partial charge < -0.3 is 24.1 Å². The van der Waals surface area contributed by atoms with Crippen LogP contribution in [-0.2, 0) is 19.1 Å². The third-order valence-corrected chi connectivity index (χ3v) is 6.36. The van der Waals surface area contributed by atoms with Gasteiger partial charge in [0.15, 0.2) is 17.7 Å². The summed E-state index contributed by atoms with van der Waals surface area (Å²) in [4.78, 5) is 25.7.